The summed E-state index contributed by atoms with van der Waals surface area (Å²) in [5, 5.41) is 0. The van der Waals surface area contributed by atoms with E-state index in [1.165, 1.54) is 28.6 Å². The minimum absolute atomic E-state index is 0.108. The maximum Gasteiger partial charge on any atom is 0.218 e. The largest absolute Gasteiger partial charge is 0.492 e. The standard InChI is InChI=1S/C19H23FN2O3S/c1-2-25-19-6-4-3-5-18(19)21-11-13-22(14-12-21)26(23,24)15-16-7-9-17(20)10-8-16/h3-10H,2,11-15H2,1H3. The van der Waals surface area contributed by atoms with E-state index in [9.17, 15) is 12.8 Å². The van der Waals surface area contributed by atoms with Gasteiger partial charge in [-0.1, -0.05) is 24.3 Å². The van der Waals surface area contributed by atoms with E-state index in [1.807, 2.05) is 31.2 Å². The highest BCUT2D eigenvalue weighted by Gasteiger charge is 2.28. The predicted octanol–water partition coefficient (Wildman–Crippen LogP) is 2.88. The summed E-state index contributed by atoms with van der Waals surface area (Å²) in [4.78, 5) is 2.15. The van der Waals surface area contributed by atoms with Crippen molar-refractivity contribution >= 4 is 15.7 Å². The maximum absolute atomic E-state index is 13.0. The predicted molar refractivity (Wildman–Crippen MR) is 100 cm³/mol. The van der Waals surface area contributed by atoms with E-state index < -0.39 is 10.0 Å². The van der Waals surface area contributed by atoms with Crippen molar-refractivity contribution in [3.05, 3.63) is 59.9 Å². The van der Waals surface area contributed by atoms with Gasteiger partial charge in [-0.25, -0.2) is 12.8 Å². The molecular weight excluding hydrogens is 355 g/mol. The highest BCUT2D eigenvalue weighted by molar-refractivity contribution is 7.88. The molecule has 0 N–H and O–H groups in total. The second-order valence-corrected chi connectivity index (χ2v) is 8.14. The summed E-state index contributed by atoms with van der Waals surface area (Å²) in [5.41, 5.74) is 1.58. The summed E-state index contributed by atoms with van der Waals surface area (Å²) in [5.74, 6) is 0.341. The second-order valence-electron chi connectivity index (χ2n) is 6.17. The molecule has 0 unspecified atom stereocenters. The lowest BCUT2D eigenvalue weighted by Crippen LogP contribution is -2.49. The van der Waals surface area contributed by atoms with E-state index in [2.05, 4.69) is 4.90 Å². The summed E-state index contributed by atoms with van der Waals surface area (Å²) >= 11 is 0. The number of hydrogen-bond donors (Lipinski definition) is 0. The fourth-order valence-electron chi connectivity index (χ4n) is 3.09. The molecule has 140 valence electrons. The number of hydrogen-bond acceptors (Lipinski definition) is 4. The van der Waals surface area contributed by atoms with Crippen LogP contribution in [0.25, 0.3) is 0 Å². The van der Waals surface area contributed by atoms with Crippen molar-refractivity contribution in [3.63, 3.8) is 0 Å². The second kappa shape index (κ2) is 8.05. The molecule has 2 aromatic carbocycles. The van der Waals surface area contributed by atoms with Crippen LogP contribution in [0.15, 0.2) is 48.5 Å². The number of ether oxygens (including phenoxy) is 1. The van der Waals surface area contributed by atoms with E-state index in [0.717, 1.165) is 11.4 Å². The highest BCUT2D eigenvalue weighted by atomic mass is 32.2. The molecular formula is C19H23FN2O3S. The molecule has 0 radical (unpaired) electrons. The topological polar surface area (TPSA) is 49.9 Å². The SMILES string of the molecule is CCOc1ccccc1N1CCN(S(=O)(=O)Cc2ccc(F)cc2)CC1. The maximum atomic E-state index is 13.0. The van der Waals surface area contributed by atoms with Gasteiger partial charge in [0.25, 0.3) is 0 Å². The van der Waals surface area contributed by atoms with E-state index in [1.54, 1.807) is 0 Å². The number of nitrogens with zero attached hydrogens (tertiary/aromatic N) is 2. The van der Waals surface area contributed by atoms with Gasteiger partial charge in [-0.2, -0.15) is 4.31 Å². The number of benzene rings is 2. The number of halogens is 1. The average molecular weight is 378 g/mol. The fourth-order valence-corrected chi connectivity index (χ4v) is 4.60. The normalized spacial score (nSPS) is 15.8. The van der Waals surface area contributed by atoms with Gasteiger partial charge in [-0.3, -0.25) is 0 Å². The Morgan fingerprint density at radius 2 is 1.65 bits per heavy atom. The van der Waals surface area contributed by atoms with Crippen molar-refractivity contribution in [2.75, 3.05) is 37.7 Å². The van der Waals surface area contributed by atoms with E-state index in [4.69, 9.17) is 4.74 Å². The molecule has 1 saturated heterocycles. The van der Waals surface area contributed by atoms with Crippen LogP contribution >= 0.6 is 0 Å². The summed E-state index contributed by atoms with van der Waals surface area (Å²) in [6.45, 7) is 4.58. The van der Waals surface area contributed by atoms with Crippen LogP contribution in [0.4, 0.5) is 10.1 Å². The molecule has 2 aromatic rings. The lowest BCUT2D eigenvalue weighted by Gasteiger charge is -2.36. The number of sulfonamides is 1. The van der Waals surface area contributed by atoms with Gasteiger partial charge in [0.1, 0.15) is 11.6 Å². The van der Waals surface area contributed by atoms with Gasteiger partial charge in [-0.15, -0.1) is 0 Å². The fraction of sp³-hybridized carbons (Fsp3) is 0.368. The third-order valence-corrected chi connectivity index (χ3v) is 6.25. The van der Waals surface area contributed by atoms with Crippen molar-refractivity contribution in [1.29, 1.82) is 0 Å². The minimum atomic E-state index is -3.42. The first-order valence-corrected chi connectivity index (χ1v) is 10.3. The molecule has 5 nitrogen and oxygen atoms in total. The van der Waals surface area contributed by atoms with Gasteiger partial charge in [0.2, 0.25) is 10.0 Å². The smallest absolute Gasteiger partial charge is 0.218 e. The van der Waals surface area contributed by atoms with Gasteiger partial charge in [0, 0.05) is 26.2 Å². The van der Waals surface area contributed by atoms with Gasteiger partial charge >= 0.3 is 0 Å². The van der Waals surface area contributed by atoms with Crippen LogP contribution in [-0.4, -0.2) is 45.5 Å². The Kier molecular flexibility index (Phi) is 5.78. The first-order valence-electron chi connectivity index (χ1n) is 8.68. The molecule has 7 heteroatoms. The van der Waals surface area contributed by atoms with Crippen LogP contribution in [0.5, 0.6) is 5.75 Å². The van der Waals surface area contributed by atoms with Crippen molar-refractivity contribution < 1.29 is 17.5 Å². The molecule has 0 aliphatic carbocycles. The third kappa shape index (κ3) is 4.34. The lowest BCUT2D eigenvalue weighted by molar-refractivity contribution is 0.337. The van der Waals surface area contributed by atoms with E-state index >= 15 is 0 Å². The van der Waals surface area contributed by atoms with E-state index in [-0.39, 0.29) is 11.6 Å². The Balaban J connectivity index is 1.65. The quantitative estimate of drug-likeness (QED) is 0.776. The van der Waals surface area contributed by atoms with Gasteiger partial charge < -0.3 is 9.64 Å². The molecule has 3 rings (SSSR count). The number of para-hydroxylation sites is 2. The summed E-state index contributed by atoms with van der Waals surface area (Å²) < 4.78 is 45.5. The lowest BCUT2D eigenvalue weighted by atomic mass is 10.2. The van der Waals surface area contributed by atoms with Crippen molar-refractivity contribution in [2.24, 2.45) is 0 Å². The number of rotatable bonds is 6. The first-order chi connectivity index (χ1) is 12.5. The van der Waals surface area contributed by atoms with Crippen LogP contribution in [0.3, 0.4) is 0 Å². The summed E-state index contributed by atoms with van der Waals surface area (Å²) in [6.07, 6.45) is 0. The van der Waals surface area contributed by atoms with Crippen molar-refractivity contribution in [2.45, 2.75) is 12.7 Å². The van der Waals surface area contributed by atoms with Crippen molar-refractivity contribution in [1.82, 2.24) is 4.31 Å². The van der Waals surface area contributed by atoms with Gasteiger partial charge in [0.15, 0.2) is 0 Å². The first kappa shape index (κ1) is 18.7. The Hall–Kier alpha value is -2.12. The molecule has 0 amide bonds. The molecule has 0 saturated carbocycles. The Morgan fingerprint density at radius 1 is 1.00 bits per heavy atom. The van der Waals surface area contributed by atoms with Crippen LogP contribution < -0.4 is 9.64 Å². The molecule has 1 aliphatic rings. The van der Waals surface area contributed by atoms with Crippen LogP contribution in [-0.2, 0) is 15.8 Å². The molecule has 0 bridgehead atoms. The summed E-state index contributed by atoms with van der Waals surface area (Å²) in [6, 6.07) is 13.4. The Labute approximate surface area is 154 Å². The molecule has 1 heterocycles. The van der Waals surface area contributed by atoms with Crippen LogP contribution in [0.1, 0.15) is 12.5 Å². The van der Waals surface area contributed by atoms with Gasteiger partial charge in [-0.05, 0) is 36.8 Å². The zero-order chi connectivity index (χ0) is 18.6. The minimum Gasteiger partial charge on any atom is -0.492 e. The Morgan fingerprint density at radius 3 is 2.31 bits per heavy atom. The van der Waals surface area contributed by atoms with Crippen LogP contribution in [0, 0.1) is 5.82 Å². The number of piperazine rings is 1. The van der Waals surface area contributed by atoms with Crippen LogP contribution in [0.2, 0.25) is 0 Å². The molecule has 1 aliphatic heterocycles. The molecule has 0 aromatic heterocycles. The number of anilines is 1. The third-order valence-electron chi connectivity index (χ3n) is 4.40. The molecule has 0 atom stereocenters. The highest BCUT2D eigenvalue weighted by Crippen LogP contribution is 2.29. The van der Waals surface area contributed by atoms with Crippen molar-refractivity contribution in [3.8, 4) is 5.75 Å². The monoisotopic (exact) mass is 378 g/mol. The molecule has 26 heavy (non-hydrogen) atoms. The summed E-state index contributed by atoms with van der Waals surface area (Å²) in [7, 11) is -3.42. The van der Waals surface area contributed by atoms with E-state index in [0.29, 0.717) is 38.3 Å². The Bertz CT molecular complexity index is 832. The molecule has 1 fully saturated rings. The van der Waals surface area contributed by atoms with Gasteiger partial charge in [0.05, 0.1) is 18.0 Å². The zero-order valence-corrected chi connectivity index (χ0v) is 15.6. The molecule has 0 spiro atoms. The average Bonchev–Trinajstić information content (AvgIpc) is 2.64. The zero-order valence-electron chi connectivity index (χ0n) is 14.8.